The van der Waals surface area contributed by atoms with E-state index in [0.29, 0.717) is 10.0 Å². The molecule has 4 rings (SSSR count). The summed E-state index contributed by atoms with van der Waals surface area (Å²) in [6.07, 6.45) is 8.23. The quantitative estimate of drug-likeness (QED) is 0.337. The van der Waals surface area contributed by atoms with Crippen molar-refractivity contribution in [1.82, 2.24) is 4.48 Å². The molecular formula is C28H34NO5+. The van der Waals surface area contributed by atoms with Crippen LogP contribution in [-0.4, -0.2) is 50.6 Å². The molecule has 1 heterocycles. The predicted molar refractivity (Wildman–Crippen MR) is 131 cm³/mol. The number of rotatable bonds is 7. The molecule has 6 nitrogen and oxygen atoms in total. The van der Waals surface area contributed by atoms with Crippen molar-refractivity contribution in [2.24, 2.45) is 11.3 Å². The van der Waals surface area contributed by atoms with Crippen molar-refractivity contribution in [2.45, 2.75) is 51.7 Å². The summed E-state index contributed by atoms with van der Waals surface area (Å²) in [6.45, 7) is 6.10. The Morgan fingerprint density at radius 2 is 1.82 bits per heavy atom. The van der Waals surface area contributed by atoms with Gasteiger partial charge in [-0.15, -0.1) is 0 Å². The topological polar surface area (TPSA) is 69.7 Å². The first kappa shape index (κ1) is 24.1. The zero-order chi connectivity index (χ0) is 24.9. The van der Waals surface area contributed by atoms with Gasteiger partial charge in [-0.1, -0.05) is 17.2 Å². The lowest BCUT2D eigenvalue weighted by molar-refractivity contribution is -0.145. The summed E-state index contributed by atoms with van der Waals surface area (Å²) in [4.78, 5) is 38.3. The fraction of sp³-hybridized carbons (Fsp3) is 0.464. The molecule has 0 bridgehead atoms. The van der Waals surface area contributed by atoms with Gasteiger partial charge in [-0.2, -0.15) is 0 Å². The number of ketones is 1. The van der Waals surface area contributed by atoms with Gasteiger partial charge in [0, 0.05) is 0 Å². The monoisotopic (exact) mass is 464 g/mol. The number of carbonyl (C=O) groups excluding carboxylic acids is 3. The van der Waals surface area contributed by atoms with Crippen LogP contribution < -0.4 is 4.48 Å². The van der Waals surface area contributed by atoms with E-state index in [1.807, 2.05) is 25.1 Å². The van der Waals surface area contributed by atoms with Crippen LogP contribution in [0, 0.1) is 11.3 Å². The summed E-state index contributed by atoms with van der Waals surface area (Å²) in [7, 11) is 6.16. The Morgan fingerprint density at radius 1 is 1.15 bits per heavy atom. The summed E-state index contributed by atoms with van der Waals surface area (Å²) in [6, 6.07) is 7.33. The fourth-order valence-corrected chi connectivity index (χ4v) is 5.43. The highest BCUT2D eigenvalue weighted by Crippen LogP contribution is 2.74. The van der Waals surface area contributed by atoms with E-state index in [1.165, 1.54) is 11.6 Å². The Balaban J connectivity index is 1.57. The molecule has 2 fully saturated rings. The zero-order valence-electron chi connectivity index (χ0n) is 20.9. The van der Waals surface area contributed by atoms with E-state index in [-0.39, 0.29) is 18.2 Å². The molecule has 3 aliphatic rings. The fourth-order valence-electron chi connectivity index (χ4n) is 5.43. The smallest absolute Gasteiger partial charge is 0.338 e. The van der Waals surface area contributed by atoms with Crippen LogP contribution in [0.4, 0.5) is 5.69 Å². The minimum absolute atomic E-state index is 0.0187. The molecule has 6 heteroatoms. The molecule has 0 radical (unpaired) electrons. The van der Waals surface area contributed by atoms with Crippen LogP contribution in [0.2, 0.25) is 0 Å². The average molecular weight is 465 g/mol. The molecular weight excluding hydrogens is 430 g/mol. The highest BCUT2D eigenvalue weighted by Gasteiger charge is 2.88. The normalized spacial score (nSPS) is 29.8. The first-order chi connectivity index (χ1) is 15.9. The van der Waals surface area contributed by atoms with Gasteiger partial charge in [-0.25, -0.2) is 4.79 Å². The lowest BCUT2D eigenvalue weighted by Crippen LogP contribution is -2.34. The summed E-state index contributed by atoms with van der Waals surface area (Å²) in [5, 5.41) is 0. The number of ether oxygens (including phenoxy) is 2. The van der Waals surface area contributed by atoms with Crippen molar-refractivity contribution in [3.63, 3.8) is 0 Å². The molecule has 2 unspecified atom stereocenters. The Morgan fingerprint density at radius 3 is 2.44 bits per heavy atom. The third-order valence-electron chi connectivity index (χ3n) is 7.19. The van der Waals surface area contributed by atoms with Crippen LogP contribution in [0.5, 0.6) is 0 Å². The Bertz CT molecular complexity index is 1120. The molecule has 1 saturated heterocycles. The minimum Gasteiger partial charge on any atom is -0.454 e. The number of carbonyl (C=O) groups is 3. The van der Waals surface area contributed by atoms with Crippen molar-refractivity contribution >= 4 is 23.4 Å². The molecule has 0 aromatic heterocycles. The van der Waals surface area contributed by atoms with Gasteiger partial charge in [-0.3, -0.25) is 14.1 Å². The van der Waals surface area contributed by atoms with Crippen LogP contribution in [0.25, 0.3) is 0 Å². The van der Waals surface area contributed by atoms with E-state index in [9.17, 15) is 14.4 Å². The highest BCUT2D eigenvalue weighted by atomic mass is 16.6. The maximum Gasteiger partial charge on any atom is 0.338 e. The molecule has 0 N–H and O–H groups in total. The molecule has 0 amide bonds. The Hall–Kier alpha value is -2.99. The van der Waals surface area contributed by atoms with Crippen LogP contribution >= 0.6 is 0 Å². The van der Waals surface area contributed by atoms with Gasteiger partial charge in [0.1, 0.15) is 11.8 Å². The van der Waals surface area contributed by atoms with E-state index in [4.69, 9.17) is 9.47 Å². The van der Waals surface area contributed by atoms with E-state index < -0.39 is 29.0 Å². The van der Waals surface area contributed by atoms with Crippen LogP contribution in [-0.2, 0) is 19.1 Å². The van der Waals surface area contributed by atoms with Crippen molar-refractivity contribution in [2.75, 3.05) is 21.1 Å². The summed E-state index contributed by atoms with van der Waals surface area (Å²) >= 11 is 0. The SMILES string of the molecule is CC(C)=CCC/C(C)=C/[C@@]12OC(=O)CC13C(=O)C=C[C@@H](OC(=O)c1ccc([N+](C)(C)C)cc1)C32. The number of benzene rings is 1. The van der Waals surface area contributed by atoms with Gasteiger partial charge in [0.05, 0.1) is 44.5 Å². The number of esters is 2. The second-order valence-corrected chi connectivity index (χ2v) is 10.9. The van der Waals surface area contributed by atoms with Gasteiger partial charge in [0.2, 0.25) is 0 Å². The third-order valence-corrected chi connectivity index (χ3v) is 7.19. The highest BCUT2D eigenvalue weighted by molar-refractivity contribution is 6.06. The lowest BCUT2D eigenvalue weighted by atomic mass is 9.87. The predicted octanol–water partition coefficient (Wildman–Crippen LogP) is 4.54. The molecule has 180 valence electrons. The summed E-state index contributed by atoms with van der Waals surface area (Å²) in [5.74, 6) is -1.36. The van der Waals surface area contributed by atoms with E-state index >= 15 is 0 Å². The number of nitrogens with zero attached hydrogens (tertiary/aromatic N) is 1. The molecule has 1 aromatic rings. The maximum absolute atomic E-state index is 13.0. The number of hydrogen-bond acceptors (Lipinski definition) is 5. The first-order valence-electron chi connectivity index (χ1n) is 11.8. The number of quaternary nitrogens is 1. The van der Waals surface area contributed by atoms with Gasteiger partial charge in [-0.05, 0) is 76.1 Å². The summed E-state index contributed by atoms with van der Waals surface area (Å²) in [5.41, 5.74) is 1.79. The van der Waals surface area contributed by atoms with Gasteiger partial charge >= 0.3 is 11.9 Å². The van der Waals surface area contributed by atoms with Gasteiger partial charge in [0.25, 0.3) is 0 Å². The maximum atomic E-state index is 13.0. The molecule has 1 aliphatic heterocycles. The van der Waals surface area contributed by atoms with Crippen LogP contribution in [0.3, 0.4) is 0 Å². The van der Waals surface area contributed by atoms with Crippen molar-refractivity contribution in [3.8, 4) is 0 Å². The average Bonchev–Trinajstić information content (AvgIpc) is 3.17. The molecule has 1 aromatic carbocycles. The third kappa shape index (κ3) is 3.94. The number of fused-ring (bicyclic) bond motifs is 1. The minimum atomic E-state index is -1.04. The molecule has 1 spiro atoms. The van der Waals surface area contributed by atoms with E-state index in [2.05, 4.69) is 41.1 Å². The zero-order valence-corrected chi connectivity index (χ0v) is 20.9. The Labute approximate surface area is 201 Å². The lowest BCUT2D eigenvalue weighted by Gasteiger charge is -2.24. The molecule has 1 saturated carbocycles. The second kappa shape index (κ2) is 8.35. The van der Waals surface area contributed by atoms with E-state index in [1.54, 1.807) is 18.2 Å². The van der Waals surface area contributed by atoms with Gasteiger partial charge < -0.3 is 9.47 Å². The molecule has 2 aliphatic carbocycles. The standard InChI is InChI=1S/C28H34NO5/c1-18(2)8-7-9-19(3)16-28-25-22(14-15-23(30)27(25,28)17-24(31)34-28)33-26(32)20-10-12-21(13-11-20)29(4,5)6/h8,10-16,22,25H,7,9,17H2,1-6H3/q+1/b19-16+/t22-,25?,27?,28+/m1/s1. The summed E-state index contributed by atoms with van der Waals surface area (Å²) < 4.78 is 12.3. The first-order valence-corrected chi connectivity index (χ1v) is 11.8. The van der Waals surface area contributed by atoms with E-state index in [0.717, 1.165) is 24.1 Å². The number of hydrogen-bond donors (Lipinski definition) is 0. The van der Waals surface area contributed by atoms with Crippen molar-refractivity contribution < 1.29 is 23.9 Å². The molecule has 4 atom stereocenters. The second-order valence-electron chi connectivity index (χ2n) is 10.9. The number of allylic oxidation sites excluding steroid dienone is 4. The Kier molecular flexibility index (Phi) is 5.93. The van der Waals surface area contributed by atoms with Crippen molar-refractivity contribution in [1.29, 1.82) is 0 Å². The van der Waals surface area contributed by atoms with Crippen LogP contribution in [0.1, 0.15) is 50.4 Å². The van der Waals surface area contributed by atoms with Crippen LogP contribution in [0.15, 0.2) is 59.7 Å². The van der Waals surface area contributed by atoms with Crippen molar-refractivity contribution in [3.05, 3.63) is 65.3 Å². The van der Waals surface area contributed by atoms with Gasteiger partial charge in [0.15, 0.2) is 11.4 Å². The molecule has 34 heavy (non-hydrogen) atoms. The largest absolute Gasteiger partial charge is 0.454 e.